The van der Waals surface area contributed by atoms with Gasteiger partial charge in [-0.15, -0.1) is 0 Å². The maximum atomic E-state index is 13.6. The number of likely N-dealkylation sites (N-methyl/N-ethyl adjacent to an activating group) is 1. The minimum atomic E-state index is -0.193. The van der Waals surface area contributed by atoms with E-state index < -0.39 is 0 Å². The molecule has 0 spiro atoms. The number of anilines is 1. The summed E-state index contributed by atoms with van der Waals surface area (Å²) in [5.74, 6) is -0.193. The molecule has 0 aromatic heterocycles. The van der Waals surface area contributed by atoms with Gasteiger partial charge in [-0.25, -0.2) is 4.39 Å². The summed E-state index contributed by atoms with van der Waals surface area (Å²) in [6.07, 6.45) is 0. The van der Waals surface area contributed by atoms with Crippen LogP contribution in [0.1, 0.15) is 13.8 Å². The number of halogens is 2. The van der Waals surface area contributed by atoms with Gasteiger partial charge in [0, 0.05) is 17.6 Å². The van der Waals surface area contributed by atoms with E-state index in [2.05, 4.69) is 22.5 Å². The van der Waals surface area contributed by atoms with E-state index in [9.17, 15) is 4.39 Å². The van der Waals surface area contributed by atoms with Crippen molar-refractivity contribution in [2.45, 2.75) is 13.8 Å². The zero-order valence-corrected chi connectivity index (χ0v) is 10.6. The van der Waals surface area contributed by atoms with Crippen LogP contribution in [0.25, 0.3) is 0 Å². The smallest absolute Gasteiger partial charge is 0.146 e. The molecule has 3 heteroatoms. The van der Waals surface area contributed by atoms with Crippen molar-refractivity contribution in [1.82, 2.24) is 0 Å². The molecule has 1 aromatic carbocycles. The Kier molecular flexibility index (Phi) is 4.33. The Labute approximate surface area is 98.7 Å². The molecule has 0 atom stereocenters. The Hall–Kier alpha value is -0.830. The quantitative estimate of drug-likeness (QED) is 0.749. The third-order valence-corrected chi connectivity index (χ3v) is 2.58. The summed E-state index contributed by atoms with van der Waals surface area (Å²) in [6.45, 7) is 9.24. The lowest BCUT2D eigenvalue weighted by Gasteiger charge is -2.23. The fourth-order valence-corrected chi connectivity index (χ4v) is 1.77. The summed E-state index contributed by atoms with van der Waals surface area (Å²) >= 11 is 3.34. The lowest BCUT2D eigenvalue weighted by atomic mass is 10.2. The van der Waals surface area contributed by atoms with E-state index in [0.717, 1.165) is 16.6 Å². The molecule has 82 valence electrons. The number of nitrogens with zero attached hydrogens (tertiary/aromatic N) is 1. The zero-order chi connectivity index (χ0) is 11.4. The predicted octanol–water partition coefficient (Wildman–Crippen LogP) is 3.99. The lowest BCUT2D eigenvalue weighted by molar-refractivity contribution is 0.620. The van der Waals surface area contributed by atoms with Crippen LogP contribution in [0.3, 0.4) is 0 Å². The van der Waals surface area contributed by atoms with Crippen molar-refractivity contribution in [1.29, 1.82) is 0 Å². The molecule has 1 rings (SSSR count). The topological polar surface area (TPSA) is 3.24 Å². The molecule has 0 fully saturated rings. The van der Waals surface area contributed by atoms with E-state index >= 15 is 0 Å². The highest BCUT2D eigenvalue weighted by Gasteiger charge is 2.10. The van der Waals surface area contributed by atoms with Gasteiger partial charge in [0.25, 0.3) is 0 Å². The van der Waals surface area contributed by atoms with E-state index in [4.69, 9.17) is 0 Å². The van der Waals surface area contributed by atoms with Crippen LogP contribution < -0.4 is 4.90 Å². The van der Waals surface area contributed by atoms with Crippen molar-refractivity contribution in [3.05, 3.63) is 40.6 Å². The Morgan fingerprint density at radius 3 is 2.73 bits per heavy atom. The number of rotatable bonds is 4. The van der Waals surface area contributed by atoms with E-state index in [-0.39, 0.29) is 5.82 Å². The van der Waals surface area contributed by atoms with Crippen molar-refractivity contribution in [3.8, 4) is 0 Å². The second kappa shape index (κ2) is 5.31. The summed E-state index contributed by atoms with van der Waals surface area (Å²) in [5, 5.41) is 0. The molecule has 1 nitrogen and oxygen atoms in total. The van der Waals surface area contributed by atoms with Gasteiger partial charge in [-0.3, -0.25) is 0 Å². The number of benzene rings is 1. The average molecular weight is 272 g/mol. The molecule has 15 heavy (non-hydrogen) atoms. The summed E-state index contributed by atoms with van der Waals surface area (Å²) in [6, 6.07) is 4.97. The molecule has 0 amide bonds. The molecule has 0 N–H and O–H groups in total. The Morgan fingerprint density at radius 2 is 2.20 bits per heavy atom. The Balaban J connectivity index is 3.00. The van der Waals surface area contributed by atoms with Gasteiger partial charge in [0.1, 0.15) is 5.82 Å². The van der Waals surface area contributed by atoms with Crippen LogP contribution in [-0.4, -0.2) is 13.1 Å². The van der Waals surface area contributed by atoms with Gasteiger partial charge in [-0.2, -0.15) is 0 Å². The van der Waals surface area contributed by atoms with Crippen molar-refractivity contribution in [3.63, 3.8) is 0 Å². The Morgan fingerprint density at radius 1 is 1.53 bits per heavy atom. The molecular formula is C12H15BrFN. The third kappa shape index (κ3) is 3.34. The van der Waals surface area contributed by atoms with Crippen LogP contribution in [-0.2, 0) is 0 Å². The highest BCUT2D eigenvalue weighted by atomic mass is 79.9. The highest BCUT2D eigenvalue weighted by Crippen LogP contribution is 2.24. The maximum absolute atomic E-state index is 13.6. The first kappa shape index (κ1) is 12.2. The van der Waals surface area contributed by atoms with Gasteiger partial charge in [-0.1, -0.05) is 28.1 Å². The summed E-state index contributed by atoms with van der Waals surface area (Å²) < 4.78 is 14.5. The van der Waals surface area contributed by atoms with Crippen molar-refractivity contribution in [2.24, 2.45) is 0 Å². The molecular weight excluding hydrogens is 257 g/mol. The molecule has 0 saturated heterocycles. The molecule has 0 radical (unpaired) electrons. The van der Waals surface area contributed by atoms with Gasteiger partial charge < -0.3 is 4.90 Å². The largest absolute Gasteiger partial charge is 0.365 e. The van der Waals surface area contributed by atoms with Crippen molar-refractivity contribution in [2.75, 3.05) is 18.0 Å². The van der Waals surface area contributed by atoms with Crippen LogP contribution in [0.5, 0.6) is 0 Å². The first-order valence-electron chi connectivity index (χ1n) is 4.89. The minimum Gasteiger partial charge on any atom is -0.365 e. The molecule has 0 heterocycles. The van der Waals surface area contributed by atoms with Gasteiger partial charge in [0.05, 0.1) is 5.69 Å². The standard InChI is InChI=1S/C12H15BrFN/c1-4-15(8-9(2)3)12-7-10(13)5-6-11(12)14/h5-7H,2,4,8H2,1,3H3. The minimum absolute atomic E-state index is 0.193. The van der Waals surface area contributed by atoms with Gasteiger partial charge >= 0.3 is 0 Å². The Bertz CT molecular complexity index is 363. The first-order valence-corrected chi connectivity index (χ1v) is 5.68. The summed E-state index contributed by atoms with van der Waals surface area (Å²) in [7, 11) is 0. The molecule has 0 unspecified atom stereocenters. The average Bonchev–Trinajstić information content (AvgIpc) is 2.18. The van der Waals surface area contributed by atoms with Crippen molar-refractivity contribution >= 4 is 21.6 Å². The van der Waals surface area contributed by atoms with E-state index in [1.807, 2.05) is 18.7 Å². The lowest BCUT2D eigenvalue weighted by Crippen LogP contribution is -2.25. The van der Waals surface area contributed by atoms with E-state index in [0.29, 0.717) is 12.2 Å². The second-order valence-electron chi connectivity index (χ2n) is 3.57. The van der Waals surface area contributed by atoms with Crippen molar-refractivity contribution < 1.29 is 4.39 Å². The van der Waals surface area contributed by atoms with Crippen LogP contribution >= 0.6 is 15.9 Å². The monoisotopic (exact) mass is 271 g/mol. The van der Waals surface area contributed by atoms with E-state index in [1.165, 1.54) is 6.07 Å². The molecule has 0 aliphatic rings. The SMILES string of the molecule is C=C(C)CN(CC)c1cc(Br)ccc1F. The molecule has 0 aliphatic heterocycles. The first-order chi connectivity index (χ1) is 7.04. The molecule has 0 saturated carbocycles. The number of hydrogen-bond acceptors (Lipinski definition) is 1. The van der Waals surface area contributed by atoms with Crippen LogP contribution in [0.15, 0.2) is 34.8 Å². The van der Waals surface area contributed by atoms with Crippen LogP contribution in [0.2, 0.25) is 0 Å². The second-order valence-corrected chi connectivity index (χ2v) is 4.48. The fraction of sp³-hybridized carbons (Fsp3) is 0.333. The van der Waals surface area contributed by atoms with Crippen LogP contribution in [0, 0.1) is 5.82 Å². The maximum Gasteiger partial charge on any atom is 0.146 e. The highest BCUT2D eigenvalue weighted by molar-refractivity contribution is 9.10. The van der Waals surface area contributed by atoms with Gasteiger partial charge in [0.2, 0.25) is 0 Å². The number of hydrogen-bond donors (Lipinski definition) is 0. The van der Waals surface area contributed by atoms with Gasteiger partial charge in [0.15, 0.2) is 0 Å². The normalized spacial score (nSPS) is 10.1. The molecule has 1 aromatic rings. The summed E-state index contributed by atoms with van der Waals surface area (Å²) in [5.41, 5.74) is 1.64. The predicted molar refractivity (Wildman–Crippen MR) is 66.8 cm³/mol. The third-order valence-electron chi connectivity index (χ3n) is 2.09. The van der Waals surface area contributed by atoms with Gasteiger partial charge in [-0.05, 0) is 32.0 Å². The van der Waals surface area contributed by atoms with E-state index in [1.54, 1.807) is 12.1 Å². The van der Waals surface area contributed by atoms with Crippen LogP contribution in [0.4, 0.5) is 10.1 Å². The fourth-order valence-electron chi connectivity index (χ4n) is 1.42. The zero-order valence-electron chi connectivity index (χ0n) is 9.06. The molecule has 0 aliphatic carbocycles. The molecule has 0 bridgehead atoms. The summed E-state index contributed by atoms with van der Waals surface area (Å²) in [4.78, 5) is 1.96.